The quantitative estimate of drug-likeness (QED) is 0.429. The molecule has 2 atom stereocenters. The Hall–Kier alpha value is -2.46. The molecule has 0 radical (unpaired) electrons. The summed E-state index contributed by atoms with van der Waals surface area (Å²) in [6.07, 6.45) is 7.27. The lowest BCUT2D eigenvalue weighted by molar-refractivity contribution is 0.210. The van der Waals surface area contributed by atoms with Gasteiger partial charge in [-0.05, 0) is 35.7 Å². The van der Waals surface area contributed by atoms with Crippen molar-refractivity contribution in [2.75, 3.05) is 19.4 Å². The van der Waals surface area contributed by atoms with Crippen LogP contribution >= 0.6 is 15.9 Å². The van der Waals surface area contributed by atoms with Crippen molar-refractivity contribution in [2.45, 2.75) is 31.7 Å². The summed E-state index contributed by atoms with van der Waals surface area (Å²) >= 11 is 3.63. The van der Waals surface area contributed by atoms with E-state index in [0.29, 0.717) is 5.82 Å². The van der Waals surface area contributed by atoms with Gasteiger partial charge in [0, 0.05) is 35.8 Å². The molecule has 0 spiro atoms. The van der Waals surface area contributed by atoms with Crippen molar-refractivity contribution in [1.82, 2.24) is 30.1 Å². The smallest absolute Gasteiger partial charge is 0.165 e. The van der Waals surface area contributed by atoms with Gasteiger partial charge >= 0.3 is 0 Å². The molecule has 0 aliphatic carbocycles. The number of anilines is 1. The molecule has 0 amide bonds. The number of fused-ring (bicyclic) bond motifs is 1. The third kappa shape index (κ3) is 3.19. The van der Waals surface area contributed by atoms with Crippen molar-refractivity contribution in [3.05, 3.63) is 28.8 Å². The first-order valence-electron chi connectivity index (χ1n) is 8.73. The summed E-state index contributed by atoms with van der Waals surface area (Å²) in [5, 5.41) is 18.8. The van der Waals surface area contributed by atoms with E-state index in [1.165, 1.54) is 0 Å². The number of H-pyrrole nitrogens is 1. The highest BCUT2D eigenvalue weighted by molar-refractivity contribution is 9.10. The number of halogens is 1. The maximum Gasteiger partial charge on any atom is 0.165 e. The second kappa shape index (κ2) is 7.28. The lowest BCUT2D eigenvalue weighted by Crippen LogP contribution is -2.42. The molecule has 0 aromatic carbocycles. The number of hydrogen-bond donors (Lipinski definition) is 3. The number of oxime groups is 1. The van der Waals surface area contributed by atoms with Gasteiger partial charge in [0.2, 0.25) is 0 Å². The van der Waals surface area contributed by atoms with E-state index < -0.39 is 0 Å². The minimum absolute atomic E-state index is 0.220. The number of nitrogens with zero attached hydrogens (tertiary/aromatic N) is 5. The van der Waals surface area contributed by atoms with Crippen LogP contribution in [0.4, 0.5) is 5.82 Å². The van der Waals surface area contributed by atoms with Crippen LogP contribution in [0.15, 0.2) is 28.2 Å². The molecule has 4 heterocycles. The first-order valence-corrected chi connectivity index (χ1v) is 9.52. The highest BCUT2D eigenvalue weighted by Gasteiger charge is 2.28. The zero-order chi connectivity index (χ0) is 19.0. The predicted octanol–water partition coefficient (Wildman–Crippen LogP) is 2.32. The number of hydrogen-bond acceptors (Lipinski definition) is 7. The molecule has 27 heavy (non-hydrogen) atoms. The molecule has 0 saturated carbocycles. The van der Waals surface area contributed by atoms with E-state index in [0.717, 1.165) is 52.0 Å². The third-order valence-corrected chi connectivity index (χ3v) is 5.81. The van der Waals surface area contributed by atoms with E-state index in [1.54, 1.807) is 24.0 Å². The summed E-state index contributed by atoms with van der Waals surface area (Å²) in [4.78, 5) is 9.80. The lowest BCUT2D eigenvalue weighted by atomic mass is 9.90. The van der Waals surface area contributed by atoms with Crippen molar-refractivity contribution in [3.8, 4) is 11.1 Å². The highest BCUT2D eigenvalue weighted by Crippen LogP contribution is 2.35. The van der Waals surface area contributed by atoms with Crippen LogP contribution in [0.2, 0.25) is 0 Å². The Morgan fingerprint density at radius 1 is 1.41 bits per heavy atom. The van der Waals surface area contributed by atoms with Gasteiger partial charge in [-0.15, -0.1) is 0 Å². The van der Waals surface area contributed by atoms with Crippen molar-refractivity contribution in [2.24, 2.45) is 5.16 Å². The van der Waals surface area contributed by atoms with Crippen LogP contribution in [0.3, 0.4) is 0 Å². The van der Waals surface area contributed by atoms with E-state index in [4.69, 9.17) is 15.6 Å². The average molecular weight is 433 g/mol. The number of aromatic amines is 1. The summed E-state index contributed by atoms with van der Waals surface area (Å²) in [7, 11) is 1.57. The number of nitrogens with one attached hydrogen (secondary N) is 2. The van der Waals surface area contributed by atoms with Gasteiger partial charge < -0.3 is 15.9 Å². The number of nitrogens with two attached hydrogens (primary N) is 1. The minimum Gasteiger partial charge on any atom is -0.399 e. The molecule has 9 nitrogen and oxygen atoms in total. The monoisotopic (exact) mass is 432 g/mol. The molecular formula is C17H21BrN8O. The van der Waals surface area contributed by atoms with E-state index in [1.807, 2.05) is 13.1 Å². The number of piperidine rings is 1. The fourth-order valence-electron chi connectivity index (χ4n) is 3.54. The van der Waals surface area contributed by atoms with E-state index in [-0.39, 0.29) is 12.0 Å². The van der Waals surface area contributed by atoms with Gasteiger partial charge in [0.05, 0.1) is 28.3 Å². The molecule has 1 aliphatic rings. The summed E-state index contributed by atoms with van der Waals surface area (Å²) < 4.78 is 2.45. The SMILES string of the molecule is CO/N=C(\C)[C@@H]1CC[C@H](c2nc3c(-c4cn[nH]c4)cnn3c(N)c2Br)CN1. The van der Waals surface area contributed by atoms with Gasteiger partial charge in [0.25, 0.3) is 0 Å². The molecule has 10 heteroatoms. The first-order chi connectivity index (χ1) is 13.1. The maximum absolute atomic E-state index is 6.34. The Bertz CT molecular complexity index is 973. The molecule has 1 saturated heterocycles. The Kier molecular flexibility index (Phi) is 4.83. The molecule has 3 aromatic rings. The zero-order valence-electron chi connectivity index (χ0n) is 15.1. The number of nitrogen functional groups attached to an aromatic ring is 1. The summed E-state index contributed by atoms with van der Waals surface area (Å²) in [6, 6.07) is 0.220. The second-order valence-corrected chi connectivity index (χ2v) is 7.42. The van der Waals surface area contributed by atoms with Crippen LogP contribution in [0.5, 0.6) is 0 Å². The minimum atomic E-state index is 0.220. The molecule has 142 valence electrons. The van der Waals surface area contributed by atoms with Crippen molar-refractivity contribution in [1.29, 1.82) is 0 Å². The van der Waals surface area contributed by atoms with Gasteiger partial charge in [-0.3, -0.25) is 5.10 Å². The first kappa shape index (κ1) is 17.9. The Morgan fingerprint density at radius 2 is 2.26 bits per heavy atom. The standard InChI is InChI=1S/C17H21BrN8O/c1-9(25-27-2)13-4-3-10(5-20-13)15-14(18)16(19)26-17(24-15)12(8-23-26)11-6-21-22-7-11/h6-8,10,13,20H,3-5,19H2,1-2H3,(H,21,22)/b25-9+/t10-,13-/m0/s1. The van der Waals surface area contributed by atoms with Crippen LogP contribution in [-0.4, -0.2) is 50.2 Å². The van der Waals surface area contributed by atoms with Gasteiger partial charge in [-0.1, -0.05) is 5.16 Å². The Balaban J connectivity index is 1.67. The molecule has 4 rings (SSSR count). The second-order valence-electron chi connectivity index (χ2n) is 6.63. The van der Waals surface area contributed by atoms with E-state index >= 15 is 0 Å². The molecule has 4 N–H and O–H groups in total. The molecule has 1 aliphatic heterocycles. The van der Waals surface area contributed by atoms with Crippen molar-refractivity contribution >= 4 is 33.1 Å². The van der Waals surface area contributed by atoms with Crippen LogP contribution < -0.4 is 11.1 Å². The summed E-state index contributed by atoms with van der Waals surface area (Å²) in [5.74, 6) is 0.786. The van der Waals surface area contributed by atoms with Crippen LogP contribution in [0, 0.1) is 0 Å². The van der Waals surface area contributed by atoms with Crippen molar-refractivity contribution in [3.63, 3.8) is 0 Å². The van der Waals surface area contributed by atoms with Crippen LogP contribution in [-0.2, 0) is 4.84 Å². The van der Waals surface area contributed by atoms with Gasteiger partial charge in [0.1, 0.15) is 12.9 Å². The van der Waals surface area contributed by atoms with Crippen LogP contribution in [0.1, 0.15) is 31.4 Å². The number of aromatic nitrogens is 5. The molecule has 0 bridgehead atoms. The zero-order valence-corrected chi connectivity index (χ0v) is 16.7. The van der Waals surface area contributed by atoms with Crippen molar-refractivity contribution < 1.29 is 4.84 Å². The normalized spacial score (nSPS) is 20.9. The predicted molar refractivity (Wildman–Crippen MR) is 107 cm³/mol. The Morgan fingerprint density at radius 3 is 2.93 bits per heavy atom. The van der Waals surface area contributed by atoms with Crippen LogP contribution in [0.25, 0.3) is 16.8 Å². The topological polar surface area (TPSA) is 119 Å². The van der Waals surface area contributed by atoms with Gasteiger partial charge in [0.15, 0.2) is 5.65 Å². The average Bonchev–Trinajstić information content (AvgIpc) is 3.34. The molecule has 0 unspecified atom stereocenters. The van der Waals surface area contributed by atoms with Gasteiger partial charge in [-0.25, -0.2) is 4.98 Å². The number of rotatable bonds is 4. The molecule has 3 aromatic heterocycles. The molecule has 1 fully saturated rings. The van der Waals surface area contributed by atoms with E-state index in [2.05, 4.69) is 41.7 Å². The fraction of sp³-hybridized carbons (Fsp3) is 0.412. The highest BCUT2D eigenvalue weighted by atomic mass is 79.9. The maximum atomic E-state index is 6.34. The fourth-order valence-corrected chi connectivity index (χ4v) is 4.12. The lowest BCUT2D eigenvalue weighted by Gasteiger charge is -2.30. The van der Waals surface area contributed by atoms with E-state index in [9.17, 15) is 0 Å². The third-order valence-electron chi connectivity index (χ3n) is 5.00. The summed E-state index contributed by atoms with van der Waals surface area (Å²) in [6.45, 7) is 2.76. The largest absolute Gasteiger partial charge is 0.399 e. The Labute approximate surface area is 164 Å². The summed E-state index contributed by atoms with van der Waals surface area (Å²) in [5.41, 5.74) is 10.8. The molecular weight excluding hydrogens is 412 g/mol. The van der Waals surface area contributed by atoms with Gasteiger partial charge in [-0.2, -0.15) is 14.7 Å².